The van der Waals surface area contributed by atoms with Gasteiger partial charge in [0.1, 0.15) is 0 Å². The average Bonchev–Trinajstić information content (AvgIpc) is 2.22. The molecule has 0 aromatic carbocycles. The van der Waals surface area contributed by atoms with Crippen LogP contribution in [0.25, 0.3) is 0 Å². The van der Waals surface area contributed by atoms with E-state index in [0.29, 0.717) is 0 Å². The molecular formula is C6H3BF10O3. The first-order valence-corrected chi connectivity index (χ1v) is 4.45. The molecule has 0 aromatic heterocycles. The van der Waals surface area contributed by atoms with Crippen LogP contribution in [0, 0.1) is 0 Å². The summed E-state index contributed by atoms with van der Waals surface area (Å²) in [6.45, 7) is 0. The summed E-state index contributed by atoms with van der Waals surface area (Å²) in [6, 6.07) is 0. The second-order valence-electron chi connectivity index (χ2n) is 3.81. The number of alkyl halides is 10. The molecule has 2 N–H and O–H groups in total. The number of hydrogen-bond acceptors (Lipinski definition) is 3. The minimum atomic E-state index is -7.10. The van der Waals surface area contributed by atoms with Crippen LogP contribution in [0.3, 0.4) is 0 Å². The lowest BCUT2D eigenvalue weighted by molar-refractivity contribution is -0.467. The molecule has 0 aromatic rings. The SMILES string of the molecule is OB(O)OC1C(F)(F)C(F)(F)C(F)(F)C(F)(F)C1(F)F. The van der Waals surface area contributed by atoms with Gasteiger partial charge in [0.15, 0.2) is 6.10 Å². The molecule has 0 saturated heterocycles. The van der Waals surface area contributed by atoms with Gasteiger partial charge < -0.3 is 14.7 Å². The van der Waals surface area contributed by atoms with Gasteiger partial charge in [-0.05, 0) is 0 Å². The summed E-state index contributed by atoms with van der Waals surface area (Å²) in [4.78, 5) is 0. The highest BCUT2D eigenvalue weighted by molar-refractivity contribution is 6.32. The Bertz CT molecular complexity index is 366. The first kappa shape index (κ1) is 17.3. The Kier molecular flexibility index (Phi) is 3.57. The first-order valence-electron chi connectivity index (χ1n) is 4.45. The quantitative estimate of drug-likeness (QED) is 0.598. The maximum atomic E-state index is 13.0. The molecule has 0 spiro atoms. The summed E-state index contributed by atoms with van der Waals surface area (Å²) >= 11 is 0. The van der Waals surface area contributed by atoms with Crippen LogP contribution in [-0.2, 0) is 4.65 Å². The van der Waals surface area contributed by atoms with E-state index in [9.17, 15) is 43.9 Å². The third-order valence-corrected chi connectivity index (χ3v) is 2.54. The van der Waals surface area contributed by atoms with Gasteiger partial charge in [0.25, 0.3) is 0 Å². The smallest absolute Gasteiger partial charge is 0.402 e. The third-order valence-electron chi connectivity index (χ3n) is 2.54. The van der Waals surface area contributed by atoms with E-state index in [2.05, 4.69) is 4.65 Å². The normalized spacial score (nSPS) is 30.0. The maximum Gasteiger partial charge on any atom is 0.634 e. The highest BCUT2D eigenvalue weighted by Gasteiger charge is 2.96. The van der Waals surface area contributed by atoms with Gasteiger partial charge in [0.05, 0.1) is 0 Å². The summed E-state index contributed by atoms with van der Waals surface area (Å²) in [6.07, 6.45) is -4.89. The molecule has 0 radical (unpaired) electrons. The van der Waals surface area contributed by atoms with Gasteiger partial charge in [-0.25, -0.2) is 0 Å². The molecule has 1 aliphatic carbocycles. The van der Waals surface area contributed by atoms with Crippen molar-refractivity contribution in [3.63, 3.8) is 0 Å². The van der Waals surface area contributed by atoms with Crippen molar-refractivity contribution in [2.24, 2.45) is 0 Å². The van der Waals surface area contributed by atoms with Crippen molar-refractivity contribution >= 4 is 7.32 Å². The molecule has 1 saturated carbocycles. The highest BCUT2D eigenvalue weighted by atomic mass is 19.4. The van der Waals surface area contributed by atoms with Crippen LogP contribution in [-0.4, -0.2) is 53.1 Å². The summed E-state index contributed by atoms with van der Waals surface area (Å²) in [5.74, 6) is -34.0. The molecule has 0 atom stereocenters. The van der Waals surface area contributed by atoms with Crippen molar-refractivity contribution < 1.29 is 58.6 Å². The largest absolute Gasteiger partial charge is 0.634 e. The van der Waals surface area contributed by atoms with E-state index in [1.807, 2.05) is 0 Å². The summed E-state index contributed by atoms with van der Waals surface area (Å²) in [7, 11) is -3.60. The molecule has 14 heteroatoms. The Morgan fingerprint density at radius 1 is 0.650 bits per heavy atom. The van der Waals surface area contributed by atoms with E-state index in [-0.39, 0.29) is 0 Å². The summed E-state index contributed by atoms with van der Waals surface area (Å²) in [5, 5.41) is 16.1. The molecule has 1 rings (SSSR count). The molecular weight excluding hydrogens is 321 g/mol. The van der Waals surface area contributed by atoms with Crippen LogP contribution in [0.5, 0.6) is 0 Å². The van der Waals surface area contributed by atoms with Gasteiger partial charge in [-0.2, -0.15) is 43.9 Å². The summed E-state index contributed by atoms with van der Waals surface area (Å²) in [5.41, 5.74) is 0. The predicted octanol–water partition coefficient (Wildman–Crippen LogP) is 1.53. The minimum Gasteiger partial charge on any atom is -0.402 e. The zero-order valence-corrected chi connectivity index (χ0v) is 8.74. The number of halogens is 10. The van der Waals surface area contributed by atoms with E-state index in [1.165, 1.54) is 0 Å². The Morgan fingerprint density at radius 2 is 0.950 bits per heavy atom. The van der Waals surface area contributed by atoms with Gasteiger partial charge >= 0.3 is 36.9 Å². The van der Waals surface area contributed by atoms with Crippen LogP contribution in [0.2, 0.25) is 0 Å². The molecule has 118 valence electrons. The minimum absolute atomic E-state index is 2.80. The molecule has 20 heavy (non-hydrogen) atoms. The lowest BCUT2D eigenvalue weighted by Crippen LogP contribution is -2.80. The Balaban J connectivity index is 3.55. The Hall–Kier alpha value is -0.755. The topological polar surface area (TPSA) is 49.7 Å². The van der Waals surface area contributed by atoms with Crippen LogP contribution >= 0.6 is 0 Å². The molecule has 1 aliphatic rings. The van der Waals surface area contributed by atoms with Gasteiger partial charge in [-0.15, -0.1) is 0 Å². The molecule has 0 unspecified atom stereocenters. The van der Waals surface area contributed by atoms with Crippen LogP contribution in [0.1, 0.15) is 0 Å². The van der Waals surface area contributed by atoms with E-state index in [0.717, 1.165) is 0 Å². The lowest BCUT2D eigenvalue weighted by Gasteiger charge is -2.49. The summed E-state index contributed by atoms with van der Waals surface area (Å²) < 4.78 is 131. The van der Waals surface area contributed by atoms with Gasteiger partial charge in [0, 0.05) is 0 Å². The average molecular weight is 324 g/mol. The van der Waals surface area contributed by atoms with E-state index in [4.69, 9.17) is 10.0 Å². The van der Waals surface area contributed by atoms with Crippen molar-refractivity contribution in [1.29, 1.82) is 0 Å². The van der Waals surface area contributed by atoms with Crippen molar-refractivity contribution in [3.05, 3.63) is 0 Å². The lowest BCUT2D eigenvalue weighted by atomic mass is 9.80. The van der Waals surface area contributed by atoms with Gasteiger partial charge in [-0.1, -0.05) is 0 Å². The fraction of sp³-hybridized carbons (Fsp3) is 1.00. The predicted molar refractivity (Wildman–Crippen MR) is 39.8 cm³/mol. The maximum absolute atomic E-state index is 13.0. The Labute approximate surface area is 103 Å². The third kappa shape index (κ3) is 1.73. The van der Waals surface area contributed by atoms with Crippen LogP contribution < -0.4 is 0 Å². The fourth-order valence-electron chi connectivity index (χ4n) is 1.47. The number of hydrogen-bond donors (Lipinski definition) is 2. The fourth-order valence-corrected chi connectivity index (χ4v) is 1.47. The monoisotopic (exact) mass is 324 g/mol. The second kappa shape index (κ2) is 4.13. The highest BCUT2D eigenvalue weighted by Crippen LogP contribution is 2.65. The molecule has 0 heterocycles. The second-order valence-corrected chi connectivity index (χ2v) is 3.81. The van der Waals surface area contributed by atoms with Gasteiger partial charge in [0.2, 0.25) is 0 Å². The molecule has 0 aliphatic heterocycles. The van der Waals surface area contributed by atoms with E-state index in [1.54, 1.807) is 0 Å². The standard InChI is InChI=1S/C6H3BF10O3/c8-2(9)1(20-7(18)19)3(10,11)5(14,15)6(16,17)4(2,12)13/h1,18-19H. The van der Waals surface area contributed by atoms with Crippen molar-refractivity contribution in [2.75, 3.05) is 0 Å². The van der Waals surface area contributed by atoms with Crippen LogP contribution in [0.15, 0.2) is 0 Å². The first-order chi connectivity index (χ1) is 8.55. The molecule has 1 fully saturated rings. The van der Waals surface area contributed by atoms with Crippen molar-refractivity contribution in [2.45, 2.75) is 35.7 Å². The molecule has 0 bridgehead atoms. The molecule has 3 nitrogen and oxygen atoms in total. The Morgan fingerprint density at radius 3 is 1.20 bits per heavy atom. The van der Waals surface area contributed by atoms with E-state index < -0.39 is 43.0 Å². The van der Waals surface area contributed by atoms with Gasteiger partial charge in [-0.3, -0.25) is 0 Å². The number of rotatable bonds is 2. The van der Waals surface area contributed by atoms with Crippen molar-refractivity contribution in [1.82, 2.24) is 0 Å². The van der Waals surface area contributed by atoms with Crippen molar-refractivity contribution in [3.8, 4) is 0 Å². The van der Waals surface area contributed by atoms with E-state index >= 15 is 0 Å². The molecule has 0 amide bonds. The zero-order valence-electron chi connectivity index (χ0n) is 8.74. The van der Waals surface area contributed by atoms with Crippen LogP contribution in [0.4, 0.5) is 43.9 Å². The zero-order chi connectivity index (χ0) is 16.4.